The second-order valence-electron chi connectivity index (χ2n) is 4.31. The summed E-state index contributed by atoms with van der Waals surface area (Å²) in [6.07, 6.45) is 0. The van der Waals surface area contributed by atoms with Crippen LogP contribution in [-0.4, -0.2) is 0 Å². The number of aryl methyl sites for hydroxylation is 1. The lowest BCUT2D eigenvalue weighted by atomic mass is 10.1. The molecule has 0 aliphatic rings. The molecular weight excluding hydrogens is 240 g/mol. The molecule has 0 aliphatic carbocycles. The van der Waals surface area contributed by atoms with Gasteiger partial charge in [-0.2, -0.15) is 0 Å². The maximum absolute atomic E-state index is 6.02. The number of nitrogen functional groups attached to an aromatic ring is 1. The van der Waals surface area contributed by atoms with Crippen LogP contribution in [0, 0.1) is 6.92 Å². The lowest BCUT2D eigenvalue weighted by molar-refractivity contribution is 1.44. The Kier molecular flexibility index (Phi) is 2.68. The number of hydrogen-bond acceptors (Lipinski definition) is 3. The maximum atomic E-state index is 6.02. The highest BCUT2D eigenvalue weighted by Gasteiger charge is 2.07. The fraction of sp³-hybridized carbons (Fsp3) is 0.0667. The van der Waals surface area contributed by atoms with E-state index in [1.165, 1.54) is 10.1 Å². The highest BCUT2D eigenvalue weighted by molar-refractivity contribution is 7.17. The zero-order valence-corrected chi connectivity index (χ0v) is 10.9. The molecular formula is C15H14N2S. The molecule has 0 fully saturated rings. The van der Waals surface area contributed by atoms with Crippen LogP contribution in [-0.2, 0) is 0 Å². The molecule has 2 aromatic carbocycles. The summed E-state index contributed by atoms with van der Waals surface area (Å²) >= 11 is 1.74. The second kappa shape index (κ2) is 4.35. The molecule has 18 heavy (non-hydrogen) atoms. The number of rotatable bonds is 2. The van der Waals surface area contributed by atoms with Crippen LogP contribution in [0.15, 0.2) is 47.8 Å². The largest absolute Gasteiger partial charge is 0.397 e. The normalized spacial score (nSPS) is 10.7. The number of hydrogen-bond donors (Lipinski definition) is 2. The number of benzene rings is 2. The Balaban J connectivity index is 2.07. The van der Waals surface area contributed by atoms with Crippen molar-refractivity contribution in [1.82, 2.24) is 0 Å². The highest BCUT2D eigenvalue weighted by atomic mass is 32.1. The molecule has 0 radical (unpaired) electrons. The van der Waals surface area contributed by atoms with Crippen LogP contribution >= 0.6 is 11.3 Å². The van der Waals surface area contributed by atoms with Gasteiger partial charge in [-0.05, 0) is 24.6 Å². The van der Waals surface area contributed by atoms with Crippen molar-refractivity contribution in [3.8, 4) is 0 Å². The number of para-hydroxylation sites is 1. The van der Waals surface area contributed by atoms with E-state index in [1.54, 1.807) is 11.3 Å². The van der Waals surface area contributed by atoms with Gasteiger partial charge < -0.3 is 11.1 Å². The van der Waals surface area contributed by atoms with Crippen molar-refractivity contribution >= 4 is 38.5 Å². The van der Waals surface area contributed by atoms with E-state index in [-0.39, 0.29) is 0 Å². The third kappa shape index (κ3) is 1.83. The van der Waals surface area contributed by atoms with E-state index < -0.39 is 0 Å². The van der Waals surface area contributed by atoms with Gasteiger partial charge in [0.05, 0.1) is 17.1 Å². The summed E-state index contributed by atoms with van der Waals surface area (Å²) < 4.78 is 1.28. The van der Waals surface area contributed by atoms with Crippen LogP contribution in [0.1, 0.15) is 5.56 Å². The van der Waals surface area contributed by atoms with Gasteiger partial charge in [0.1, 0.15) is 0 Å². The van der Waals surface area contributed by atoms with Crippen molar-refractivity contribution in [3.05, 3.63) is 53.4 Å². The molecule has 0 amide bonds. The van der Waals surface area contributed by atoms with Crippen molar-refractivity contribution in [2.45, 2.75) is 6.92 Å². The number of fused-ring (bicyclic) bond motifs is 1. The van der Waals surface area contributed by atoms with Gasteiger partial charge in [-0.15, -0.1) is 11.3 Å². The Morgan fingerprint density at radius 1 is 1.06 bits per heavy atom. The summed E-state index contributed by atoms with van der Waals surface area (Å²) in [6.45, 7) is 2.06. The van der Waals surface area contributed by atoms with E-state index in [4.69, 9.17) is 5.73 Å². The summed E-state index contributed by atoms with van der Waals surface area (Å²) in [4.78, 5) is 0. The zero-order valence-electron chi connectivity index (χ0n) is 10.1. The summed E-state index contributed by atoms with van der Waals surface area (Å²) in [5, 5.41) is 6.83. The predicted octanol–water partition coefficient (Wildman–Crippen LogP) is 4.54. The number of anilines is 3. The first kappa shape index (κ1) is 11.1. The van der Waals surface area contributed by atoms with Gasteiger partial charge in [0, 0.05) is 15.5 Å². The smallest absolute Gasteiger partial charge is 0.0647 e. The van der Waals surface area contributed by atoms with Crippen LogP contribution in [0.3, 0.4) is 0 Å². The average molecular weight is 254 g/mol. The quantitative estimate of drug-likeness (QED) is 0.659. The van der Waals surface area contributed by atoms with Gasteiger partial charge in [-0.25, -0.2) is 0 Å². The van der Waals surface area contributed by atoms with Gasteiger partial charge >= 0.3 is 0 Å². The molecule has 90 valence electrons. The first-order valence-corrected chi connectivity index (χ1v) is 6.72. The minimum atomic E-state index is 0.783. The van der Waals surface area contributed by atoms with Crippen molar-refractivity contribution in [1.29, 1.82) is 0 Å². The first-order chi connectivity index (χ1) is 8.75. The van der Waals surface area contributed by atoms with E-state index in [2.05, 4.69) is 48.0 Å². The molecule has 0 saturated heterocycles. The van der Waals surface area contributed by atoms with Crippen molar-refractivity contribution in [3.63, 3.8) is 0 Å². The SMILES string of the molecule is Cc1cccc(N)c1Nc1csc2ccccc12. The van der Waals surface area contributed by atoms with Gasteiger partial charge in [0.15, 0.2) is 0 Å². The summed E-state index contributed by atoms with van der Waals surface area (Å²) in [5.41, 5.74) is 10.1. The van der Waals surface area contributed by atoms with Gasteiger partial charge in [-0.3, -0.25) is 0 Å². The molecule has 0 atom stereocenters. The lowest BCUT2D eigenvalue weighted by Crippen LogP contribution is -1.97. The molecule has 0 unspecified atom stereocenters. The Labute approximate surface area is 110 Å². The molecule has 3 N–H and O–H groups in total. The molecule has 3 rings (SSSR count). The third-order valence-corrected chi connectivity index (χ3v) is 4.01. The van der Waals surface area contributed by atoms with E-state index in [1.807, 2.05) is 12.1 Å². The molecule has 0 spiro atoms. The van der Waals surface area contributed by atoms with Crippen LogP contribution in [0.5, 0.6) is 0 Å². The summed E-state index contributed by atoms with van der Waals surface area (Å²) in [6, 6.07) is 14.3. The Morgan fingerprint density at radius 2 is 1.89 bits per heavy atom. The van der Waals surface area contributed by atoms with E-state index >= 15 is 0 Å². The predicted molar refractivity (Wildman–Crippen MR) is 80.7 cm³/mol. The maximum Gasteiger partial charge on any atom is 0.0647 e. The fourth-order valence-corrected chi connectivity index (χ4v) is 2.96. The second-order valence-corrected chi connectivity index (χ2v) is 5.22. The minimum absolute atomic E-state index is 0.783. The van der Waals surface area contributed by atoms with Crippen molar-refractivity contribution < 1.29 is 0 Å². The van der Waals surface area contributed by atoms with Crippen LogP contribution in [0.25, 0.3) is 10.1 Å². The summed E-state index contributed by atoms with van der Waals surface area (Å²) in [5.74, 6) is 0. The molecule has 2 nitrogen and oxygen atoms in total. The molecule has 0 saturated carbocycles. The highest BCUT2D eigenvalue weighted by Crippen LogP contribution is 2.34. The van der Waals surface area contributed by atoms with Gasteiger partial charge in [-0.1, -0.05) is 30.3 Å². The molecule has 3 heteroatoms. The number of nitrogens with one attached hydrogen (secondary N) is 1. The number of thiophene rings is 1. The third-order valence-electron chi connectivity index (χ3n) is 3.05. The molecule has 0 aliphatic heterocycles. The Hall–Kier alpha value is -2.00. The Bertz CT molecular complexity index is 680. The molecule has 1 aromatic heterocycles. The van der Waals surface area contributed by atoms with Crippen LogP contribution < -0.4 is 11.1 Å². The molecule has 0 bridgehead atoms. The monoisotopic (exact) mass is 254 g/mol. The van der Waals surface area contributed by atoms with Crippen molar-refractivity contribution in [2.75, 3.05) is 11.1 Å². The topological polar surface area (TPSA) is 38.0 Å². The number of nitrogens with two attached hydrogens (primary N) is 1. The minimum Gasteiger partial charge on any atom is -0.397 e. The van der Waals surface area contributed by atoms with Crippen LogP contribution in [0.2, 0.25) is 0 Å². The van der Waals surface area contributed by atoms with E-state index in [0.717, 1.165) is 22.6 Å². The van der Waals surface area contributed by atoms with E-state index in [0.29, 0.717) is 0 Å². The lowest BCUT2D eigenvalue weighted by Gasteiger charge is -2.11. The van der Waals surface area contributed by atoms with Gasteiger partial charge in [0.25, 0.3) is 0 Å². The zero-order chi connectivity index (χ0) is 12.5. The first-order valence-electron chi connectivity index (χ1n) is 5.84. The van der Waals surface area contributed by atoms with E-state index in [9.17, 15) is 0 Å². The summed E-state index contributed by atoms with van der Waals surface area (Å²) in [7, 11) is 0. The Morgan fingerprint density at radius 3 is 2.72 bits per heavy atom. The molecule has 1 heterocycles. The molecule has 3 aromatic rings. The van der Waals surface area contributed by atoms with Gasteiger partial charge in [0.2, 0.25) is 0 Å². The van der Waals surface area contributed by atoms with Crippen molar-refractivity contribution in [2.24, 2.45) is 0 Å². The standard InChI is InChI=1S/C15H14N2S/c1-10-5-4-7-12(16)15(10)17-13-9-18-14-8-3-2-6-11(13)14/h2-9,17H,16H2,1H3. The fourth-order valence-electron chi connectivity index (χ4n) is 2.07. The average Bonchev–Trinajstić information content (AvgIpc) is 2.77. The van der Waals surface area contributed by atoms with Crippen LogP contribution in [0.4, 0.5) is 17.1 Å².